The van der Waals surface area contributed by atoms with Crippen LogP contribution in [0.1, 0.15) is 24.2 Å². The number of hydrogen-bond acceptors (Lipinski definition) is 4. The maximum absolute atomic E-state index is 12.1. The molecule has 2 rings (SSSR count). The van der Waals surface area contributed by atoms with Crippen LogP contribution in [-0.2, 0) is 0 Å². The molecule has 1 aromatic heterocycles. The monoisotopic (exact) mass is 285 g/mol. The molecule has 1 amide bonds. The summed E-state index contributed by atoms with van der Waals surface area (Å²) in [6.45, 7) is 6.08. The molecule has 110 valence electrons. The normalized spacial score (nSPS) is 10.2. The van der Waals surface area contributed by atoms with Crippen LogP contribution < -0.4 is 10.2 Å². The zero-order valence-corrected chi connectivity index (χ0v) is 12.2. The minimum Gasteiger partial charge on any atom is -0.505 e. The number of pyridine rings is 1. The van der Waals surface area contributed by atoms with Crippen molar-refractivity contribution < 1.29 is 9.90 Å². The van der Waals surface area contributed by atoms with Gasteiger partial charge in [-0.2, -0.15) is 0 Å². The van der Waals surface area contributed by atoms with Gasteiger partial charge in [0, 0.05) is 30.7 Å². The van der Waals surface area contributed by atoms with Crippen LogP contribution in [0.15, 0.2) is 42.7 Å². The van der Waals surface area contributed by atoms with Gasteiger partial charge < -0.3 is 15.3 Å². The molecule has 1 heterocycles. The predicted octanol–water partition coefficient (Wildman–Crippen LogP) is 2.89. The number of carbonyl (C=O) groups excluding carboxylic acids is 1. The van der Waals surface area contributed by atoms with Gasteiger partial charge in [-0.25, -0.2) is 0 Å². The first-order chi connectivity index (χ1) is 10.2. The lowest BCUT2D eigenvalue weighted by atomic mass is 10.2. The van der Waals surface area contributed by atoms with Crippen molar-refractivity contribution in [3.63, 3.8) is 0 Å². The molecule has 0 saturated heterocycles. The van der Waals surface area contributed by atoms with E-state index >= 15 is 0 Å². The molecule has 0 saturated carbocycles. The van der Waals surface area contributed by atoms with Crippen LogP contribution in [0, 0.1) is 0 Å². The molecular weight excluding hydrogens is 266 g/mol. The van der Waals surface area contributed by atoms with Gasteiger partial charge in [-0.05, 0) is 44.2 Å². The van der Waals surface area contributed by atoms with Gasteiger partial charge >= 0.3 is 0 Å². The summed E-state index contributed by atoms with van der Waals surface area (Å²) in [6, 6.07) is 9.12. The molecule has 0 bridgehead atoms. The molecule has 5 nitrogen and oxygen atoms in total. The van der Waals surface area contributed by atoms with Crippen molar-refractivity contribution in [2.75, 3.05) is 23.3 Å². The largest absolute Gasteiger partial charge is 0.505 e. The maximum Gasteiger partial charge on any atom is 0.259 e. The number of aromatic hydroxyl groups is 1. The number of benzene rings is 1. The summed E-state index contributed by atoms with van der Waals surface area (Å²) in [5.41, 5.74) is 2.01. The lowest BCUT2D eigenvalue weighted by Gasteiger charge is -2.21. The van der Waals surface area contributed by atoms with E-state index in [1.807, 2.05) is 24.3 Å². The molecule has 0 atom stereocenters. The molecule has 1 aromatic carbocycles. The molecule has 0 spiro atoms. The average molecular weight is 285 g/mol. The number of rotatable bonds is 5. The van der Waals surface area contributed by atoms with E-state index in [1.165, 1.54) is 18.5 Å². The van der Waals surface area contributed by atoms with Crippen LogP contribution in [0.5, 0.6) is 5.75 Å². The smallest absolute Gasteiger partial charge is 0.259 e. The number of nitrogens with zero attached hydrogens (tertiary/aromatic N) is 2. The highest BCUT2D eigenvalue weighted by atomic mass is 16.3. The van der Waals surface area contributed by atoms with E-state index in [1.54, 1.807) is 0 Å². The van der Waals surface area contributed by atoms with E-state index < -0.39 is 0 Å². The van der Waals surface area contributed by atoms with E-state index in [4.69, 9.17) is 0 Å². The fourth-order valence-electron chi connectivity index (χ4n) is 2.12. The number of anilines is 2. The number of amides is 1. The Morgan fingerprint density at radius 2 is 1.86 bits per heavy atom. The van der Waals surface area contributed by atoms with Gasteiger partial charge in [0.05, 0.1) is 11.8 Å². The summed E-state index contributed by atoms with van der Waals surface area (Å²) in [6.07, 6.45) is 2.72. The van der Waals surface area contributed by atoms with Crippen LogP contribution in [0.2, 0.25) is 0 Å². The second-order valence-corrected chi connectivity index (χ2v) is 4.57. The van der Waals surface area contributed by atoms with Crippen molar-refractivity contribution in [1.82, 2.24) is 4.98 Å². The SMILES string of the molecule is CCN(CC)c1ccc(NC(=O)c2ccncc2O)cc1. The van der Waals surface area contributed by atoms with Gasteiger partial charge in [-0.15, -0.1) is 0 Å². The van der Waals surface area contributed by atoms with Gasteiger partial charge in [0.25, 0.3) is 5.91 Å². The first kappa shape index (κ1) is 14.8. The predicted molar refractivity (Wildman–Crippen MR) is 83.9 cm³/mol. The third-order valence-electron chi connectivity index (χ3n) is 3.30. The average Bonchev–Trinajstić information content (AvgIpc) is 2.50. The van der Waals surface area contributed by atoms with Crippen molar-refractivity contribution in [3.05, 3.63) is 48.3 Å². The molecule has 0 unspecified atom stereocenters. The lowest BCUT2D eigenvalue weighted by Crippen LogP contribution is -2.21. The van der Waals surface area contributed by atoms with E-state index in [0.717, 1.165) is 18.8 Å². The van der Waals surface area contributed by atoms with E-state index in [-0.39, 0.29) is 17.2 Å². The summed E-state index contributed by atoms with van der Waals surface area (Å²) in [4.78, 5) is 18.0. The Morgan fingerprint density at radius 3 is 2.43 bits per heavy atom. The van der Waals surface area contributed by atoms with Crippen molar-refractivity contribution >= 4 is 17.3 Å². The van der Waals surface area contributed by atoms with Gasteiger partial charge in [-0.1, -0.05) is 0 Å². The van der Waals surface area contributed by atoms with Crippen LogP contribution in [0.25, 0.3) is 0 Å². The second kappa shape index (κ2) is 6.74. The van der Waals surface area contributed by atoms with Crippen LogP contribution in [0.3, 0.4) is 0 Å². The Morgan fingerprint density at radius 1 is 1.19 bits per heavy atom. The molecule has 0 radical (unpaired) electrons. The highest BCUT2D eigenvalue weighted by Crippen LogP contribution is 2.20. The molecule has 5 heteroatoms. The first-order valence-electron chi connectivity index (χ1n) is 6.95. The summed E-state index contributed by atoms with van der Waals surface area (Å²) < 4.78 is 0. The highest BCUT2D eigenvalue weighted by Gasteiger charge is 2.11. The van der Waals surface area contributed by atoms with Crippen molar-refractivity contribution in [2.45, 2.75) is 13.8 Å². The Bertz CT molecular complexity index is 607. The molecule has 0 fully saturated rings. The topological polar surface area (TPSA) is 65.5 Å². The quantitative estimate of drug-likeness (QED) is 0.886. The zero-order chi connectivity index (χ0) is 15.2. The van der Waals surface area contributed by atoms with E-state index in [9.17, 15) is 9.90 Å². The highest BCUT2D eigenvalue weighted by molar-refractivity contribution is 6.06. The third-order valence-corrected chi connectivity index (χ3v) is 3.30. The van der Waals surface area contributed by atoms with Gasteiger partial charge in [0.2, 0.25) is 0 Å². The molecule has 2 N–H and O–H groups in total. The van der Waals surface area contributed by atoms with Crippen molar-refractivity contribution in [1.29, 1.82) is 0 Å². The molecule has 2 aromatic rings. The Hall–Kier alpha value is -2.56. The third kappa shape index (κ3) is 3.51. The number of nitrogens with one attached hydrogen (secondary N) is 1. The van der Waals surface area contributed by atoms with Crippen LogP contribution in [0.4, 0.5) is 11.4 Å². The second-order valence-electron chi connectivity index (χ2n) is 4.57. The van der Waals surface area contributed by atoms with Gasteiger partial charge in [0.15, 0.2) is 0 Å². The molecular formula is C16H19N3O2. The fourth-order valence-corrected chi connectivity index (χ4v) is 2.12. The molecule has 0 aliphatic carbocycles. The van der Waals surface area contributed by atoms with Gasteiger partial charge in [0.1, 0.15) is 5.75 Å². The van der Waals surface area contributed by atoms with E-state index in [0.29, 0.717) is 5.69 Å². The summed E-state index contributed by atoms with van der Waals surface area (Å²) in [5, 5.41) is 12.4. The lowest BCUT2D eigenvalue weighted by molar-refractivity contribution is 0.102. The minimum absolute atomic E-state index is 0.130. The van der Waals surface area contributed by atoms with Crippen molar-refractivity contribution in [3.8, 4) is 5.75 Å². The van der Waals surface area contributed by atoms with E-state index in [2.05, 4.69) is 29.0 Å². The number of hydrogen-bond donors (Lipinski definition) is 2. The van der Waals surface area contributed by atoms with Crippen LogP contribution in [-0.4, -0.2) is 29.1 Å². The molecule has 0 aliphatic heterocycles. The number of aromatic nitrogens is 1. The Balaban J connectivity index is 2.10. The maximum atomic E-state index is 12.1. The molecule has 21 heavy (non-hydrogen) atoms. The zero-order valence-electron chi connectivity index (χ0n) is 12.2. The van der Waals surface area contributed by atoms with Crippen LogP contribution >= 0.6 is 0 Å². The van der Waals surface area contributed by atoms with Gasteiger partial charge in [-0.3, -0.25) is 9.78 Å². The Kier molecular flexibility index (Phi) is 4.77. The first-order valence-corrected chi connectivity index (χ1v) is 6.95. The standard InChI is InChI=1S/C16H19N3O2/c1-3-19(4-2)13-7-5-12(6-8-13)18-16(21)14-9-10-17-11-15(14)20/h5-11,20H,3-4H2,1-2H3,(H,18,21). The summed E-state index contributed by atoms with van der Waals surface area (Å²) in [5.74, 6) is -0.486. The Labute approximate surface area is 124 Å². The summed E-state index contributed by atoms with van der Waals surface area (Å²) in [7, 11) is 0. The molecule has 0 aliphatic rings. The fraction of sp³-hybridized carbons (Fsp3) is 0.250. The van der Waals surface area contributed by atoms with Crippen molar-refractivity contribution in [2.24, 2.45) is 0 Å². The summed E-state index contributed by atoms with van der Waals surface area (Å²) >= 11 is 0. The minimum atomic E-state index is -0.356. The number of carbonyl (C=O) groups is 1.